The number of hydrogen-bond donors (Lipinski definition) is 0. The lowest BCUT2D eigenvalue weighted by Gasteiger charge is -2.40. The van der Waals surface area contributed by atoms with E-state index in [4.69, 9.17) is 0 Å². The minimum absolute atomic E-state index is 0.618. The average Bonchev–Trinajstić information content (AvgIpc) is 2.91. The first kappa shape index (κ1) is 14.8. The van der Waals surface area contributed by atoms with Gasteiger partial charge in [-0.05, 0) is 34.1 Å². The molecule has 116 valence electrons. The topological polar surface area (TPSA) is 0 Å². The number of thioether (sulfide) groups is 1. The fourth-order valence-corrected chi connectivity index (χ4v) is 6.26. The number of fused-ring (bicyclic) bond motifs is 2. The number of piperidine rings is 1. The van der Waals surface area contributed by atoms with Crippen LogP contribution < -0.4 is 0 Å². The van der Waals surface area contributed by atoms with Crippen molar-refractivity contribution in [1.82, 2.24) is 0 Å². The van der Waals surface area contributed by atoms with Crippen LogP contribution in [-0.4, -0.2) is 31.7 Å². The molecule has 0 spiro atoms. The molecule has 2 aliphatic rings. The minimum Gasteiger partial charge on any atom is -0.328 e. The Balaban J connectivity index is 1.75. The summed E-state index contributed by atoms with van der Waals surface area (Å²) in [4.78, 5) is 0. The maximum Gasteiger partial charge on any atom is 0.0785 e. The van der Waals surface area contributed by atoms with E-state index in [-0.39, 0.29) is 0 Å². The van der Waals surface area contributed by atoms with Crippen molar-refractivity contribution in [3.8, 4) is 0 Å². The highest BCUT2D eigenvalue weighted by Gasteiger charge is 2.36. The molecule has 1 aromatic heterocycles. The molecule has 0 amide bonds. The molecule has 1 atom stereocenters. The molecule has 0 aliphatic carbocycles. The van der Waals surface area contributed by atoms with E-state index in [0.29, 0.717) is 5.92 Å². The minimum atomic E-state index is 0.618. The van der Waals surface area contributed by atoms with Crippen LogP contribution in [-0.2, 0) is 5.75 Å². The highest BCUT2D eigenvalue weighted by Crippen LogP contribution is 2.48. The fraction of sp³-hybridized carbons (Fsp3) is 0.474. The standard InChI is InChI=1S/C19H24NS2/c1-20(2)10-7-14(8-11-20)18-16-6-4-3-5-15(16)13-22-19-17(18)9-12-21-19/h3-6,9,12,14,18H,7-8,10-11,13H2,1-2H3/q+1. The molecule has 0 bridgehead atoms. The molecule has 2 aromatic rings. The first-order chi connectivity index (χ1) is 10.6. The highest BCUT2D eigenvalue weighted by molar-refractivity contribution is 8.00. The van der Waals surface area contributed by atoms with Crippen molar-refractivity contribution >= 4 is 23.1 Å². The van der Waals surface area contributed by atoms with Crippen LogP contribution in [0.1, 0.15) is 35.4 Å². The lowest BCUT2D eigenvalue weighted by atomic mass is 9.75. The normalized spacial score (nSPS) is 24.4. The van der Waals surface area contributed by atoms with Gasteiger partial charge >= 0.3 is 0 Å². The summed E-state index contributed by atoms with van der Waals surface area (Å²) in [7, 11) is 4.76. The van der Waals surface area contributed by atoms with Gasteiger partial charge in [0.25, 0.3) is 0 Å². The van der Waals surface area contributed by atoms with E-state index in [2.05, 4.69) is 49.8 Å². The Bertz CT molecular complexity index is 664. The van der Waals surface area contributed by atoms with E-state index in [0.717, 1.165) is 11.7 Å². The van der Waals surface area contributed by atoms with Crippen LogP contribution in [0.5, 0.6) is 0 Å². The van der Waals surface area contributed by atoms with Gasteiger partial charge in [-0.3, -0.25) is 0 Å². The van der Waals surface area contributed by atoms with Gasteiger partial charge in [-0.25, -0.2) is 0 Å². The predicted octanol–water partition coefficient (Wildman–Crippen LogP) is 4.97. The van der Waals surface area contributed by atoms with Crippen LogP contribution in [0.15, 0.2) is 39.9 Å². The van der Waals surface area contributed by atoms with E-state index in [9.17, 15) is 0 Å². The third-order valence-electron chi connectivity index (χ3n) is 5.42. The van der Waals surface area contributed by atoms with Crippen molar-refractivity contribution in [1.29, 1.82) is 0 Å². The first-order valence-electron chi connectivity index (χ1n) is 8.24. The van der Waals surface area contributed by atoms with Gasteiger partial charge in [0.15, 0.2) is 0 Å². The molecule has 4 rings (SSSR count). The van der Waals surface area contributed by atoms with Gasteiger partial charge in [-0.2, -0.15) is 0 Å². The van der Waals surface area contributed by atoms with Gasteiger partial charge in [-0.15, -0.1) is 23.1 Å². The first-order valence-corrected chi connectivity index (χ1v) is 10.1. The molecule has 22 heavy (non-hydrogen) atoms. The van der Waals surface area contributed by atoms with Crippen molar-refractivity contribution in [2.45, 2.75) is 28.7 Å². The van der Waals surface area contributed by atoms with E-state index in [1.165, 1.54) is 30.4 Å². The molecular formula is C19H24NS2+. The molecule has 2 aliphatic heterocycles. The molecular weight excluding hydrogens is 306 g/mol. The average molecular weight is 331 g/mol. The summed E-state index contributed by atoms with van der Waals surface area (Å²) in [5.74, 6) is 2.56. The van der Waals surface area contributed by atoms with Crippen molar-refractivity contribution in [3.05, 3.63) is 52.4 Å². The molecule has 1 unspecified atom stereocenters. The van der Waals surface area contributed by atoms with Gasteiger partial charge in [0.1, 0.15) is 0 Å². The number of nitrogens with zero attached hydrogens (tertiary/aromatic N) is 1. The zero-order valence-electron chi connectivity index (χ0n) is 13.4. The number of quaternary nitrogens is 1. The van der Waals surface area contributed by atoms with Crippen molar-refractivity contribution in [3.63, 3.8) is 0 Å². The molecule has 3 heteroatoms. The summed E-state index contributed by atoms with van der Waals surface area (Å²) in [6.45, 7) is 2.63. The quantitative estimate of drug-likeness (QED) is 0.665. The number of benzene rings is 1. The van der Waals surface area contributed by atoms with Gasteiger partial charge in [0.2, 0.25) is 0 Å². The van der Waals surface area contributed by atoms with Crippen LogP contribution in [0.2, 0.25) is 0 Å². The molecule has 0 N–H and O–H groups in total. The van der Waals surface area contributed by atoms with Crippen molar-refractivity contribution in [2.75, 3.05) is 27.2 Å². The lowest BCUT2D eigenvalue weighted by molar-refractivity contribution is -0.896. The van der Waals surface area contributed by atoms with Gasteiger partial charge in [-0.1, -0.05) is 24.3 Å². The van der Waals surface area contributed by atoms with Gasteiger partial charge in [0, 0.05) is 24.5 Å². The van der Waals surface area contributed by atoms with Crippen LogP contribution in [0, 0.1) is 5.92 Å². The molecule has 0 saturated carbocycles. The molecule has 1 nitrogen and oxygen atoms in total. The van der Waals surface area contributed by atoms with Gasteiger partial charge in [0.05, 0.1) is 31.4 Å². The summed E-state index contributed by atoms with van der Waals surface area (Å²) in [5, 5.41) is 2.29. The summed E-state index contributed by atoms with van der Waals surface area (Å²) in [6, 6.07) is 11.6. The third kappa shape index (κ3) is 2.64. The zero-order chi connectivity index (χ0) is 15.2. The lowest BCUT2D eigenvalue weighted by Crippen LogP contribution is -2.47. The Kier molecular flexibility index (Phi) is 3.83. The second-order valence-corrected chi connectivity index (χ2v) is 9.51. The molecule has 1 saturated heterocycles. The Morgan fingerprint density at radius 1 is 1.00 bits per heavy atom. The Morgan fingerprint density at radius 3 is 2.59 bits per heavy atom. The smallest absolute Gasteiger partial charge is 0.0785 e. The monoisotopic (exact) mass is 330 g/mol. The predicted molar refractivity (Wildman–Crippen MR) is 96.7 cm³/mol. The Morgan fingerprint density at radius 2 is 1.77 bits per heavy atom. The van der Waals surface area contributed by atoms with E-state index in [1.807, 2.05) is 23.1 Å². The largest absolute Gasteiger partial charge is 0.328 e. The zero-order valence-corrected chi connectivity index (χ0v) is 15.1. The van der Waals surface area contributed by atoms with Crippen LogP contribution in [0.3, 0.4) is 0 Å². The maximum atomic E-state index is 2.40. The van der Waals surface area contributed by atoms with E-state index in [1.54, 1.807) is 20.9 Å². The Hall–Kier alpha value is -0.770. The van der Waals surface area contributed by atoms with Gasteiger partial charge < -0.3 is 4.48 Å². The number of rotatable bonds is 1. The summed E-state index contributed by atoms with van der Waals surface area (Å²) in [5.41, 5.74) is 4.77. The summed E-state index contributed by atoms with van der Waals surface area (Å²) in [6.07, 6.45) is 2.71. The maximum absolute atomic E-state index is 2.40. The van der Waals surface area contributed by atoms with Crippen LogP contribution in [0.4, 0.5) is 0 Å². The van der Waals surface area contributed by atoms with Crippen LogP contribution >= 0.6 is 23.1 Å². The number of likely N-dealkylation sites (tertiary alicyclic amines) is 1. The molecule has 3 heterocycles. The fourth-order valence-electron chi connectivity index (χ4n) is 4.06. The SMILES string of the molecule is C[N+]1(C)CCC(C2c3ccccc3CSc3sccc32)CC1. The summed E-state index contributed by atoms with van der Waals surface area (Å²) < 4.78 is 2.75. The van der Waals surface area contributed by atoms with E-state index < -0.39 is 0 Å². The molecule has 1 aromatic carbocycles. The third-order valence-corrected chi connectivity index (χ3v) is 7.74. The van der Waals surface area contributed by atoms with E-state index >= 15 is 0 Å². The second kappa shape index (κ2) is 5.70. The number of hydrogen-bond acceptors (Lipinski definition) is 2. The van der Waals surface area contributed by atoms with Crippen LogP contribution in [0.25, 0.3) is 0 Å². The summed E-state index contributed by atoms with van der Waals surface area (Å²) >= 11 is 3.98. The molecule has 0 radical (unpaired) electrons. The van der Waals surface area contributed by atoms with Crippen molar-refractivity contribution in [2.24, 2.45) is 5.92 Å². The Labute approximate surface area is 141 Å². The highest BCUT2D eigenvalue weighted by atomic mass is 32.2. The van der Waals surface area contributed by atoms with Crippen molar-refractivity contribution < 1.29 is 4.48 Å². The molecule has 1 fully saturated rings. The second-order valence-electron chi connectivity index (χ2n) is 7.35. The number of thiophene rings is 1.